The number of carbonyl (C=O) groups is 2. The van der Waals surface area contributed by atoms with Crippen LogP contribution in [0, 0.1) is 0 Å². The summed E-state index contributed by atoms with van der Waals surface area (Å²) in [6, 6.07) is -0.537. The molecule has 0 spiro atoms. The molecule has 0 rings (SSSR count). The first-order valence-corrected chi connectivity index (χ1v) is 31.6. The zero-order valence-corrected chi connectivity index (χ0v) is 47.3. The minimum absolute atomic E-state index is 0.00974. The highest BCUT2D eigenvalue weighted by Crippen LogP contribution is 2.18. The van der Waals surface area contributed by atoms with Gasteiger partial charge >= 0.3 is 5.97 Å². The fraction of sp³-hybridized carbons (Fsp3) is 0.906. The largest absolute Gasteiger partial charge is 0.466 e. The summed E-state index contributed by atoms with van der Waals surface area (Å²) in [5.74, 6) is -0.0235. The molecule has 2 unspecified atom stereocenters. The Balaban J connectivity index is 3.32. The van der Waals surface area contributed by atoms with Gasteiger partial charge in [-0.3, -0.25) is 9.59 Å². The summed E-state index contributed by atoms with van der Waals surface area (Å²) in [4.78, 5) is 24.5. The maximum absolute atomic E-state index is 12.4. The number of amides is 1. The van der Waals surface area contributed by atoms with Gasteiger partial charge in [0.2, 0.25) is 5.91 Å². The van der Waals surface area contributed by atoms with Crippen molar-refractivity contribution in [1.29, 1.82) is 0 Å². The van der Waals surface area contributed by atoms with Crippen molar-refractivity contribution in [2.75, 3.05) is 13.2 Å². The normalized spacial score (nSPS) is 12.7. The Morgan fingerprint density at radius 2 is 0.714 bits per heavy atom. The average molecular weight is 987 g/mol. The van der Waals surface area contributed by atoms with Crippen molar-refractivity contribution in [1.82, 2.24) is 5.32 Å². The van der Waals surface area contributed by atoms with E-state index >= 15 is 0 Å². The third-order valence-electron chi connectivity index (χ3n) is 14.8. The topological polar surface area (TPSA) is 95.9 Å². The monoisotopic (exact) mass is 986 g/mol. The molecule has 0 aromatic rings. The predicted octanol–water partition coefficient (Wildman–Crippen LogP) is 19.8. The lowest BCUT2D eigenvalue weighted by Crippen LogP contribution is -2.45. The van der Waals surface area contributed by atoms with Crippen LogP contribution in [0.3, 0.4) is 0 Å². The average Bonchev–Trinajstić information content (AvgIpc) is 3.36. The van der Waals surface area contributed by atoms with Gasteiger partial charge in [-0.25, -0.2) is 0 Å². The Morgan fingerprint density at radius 1 is 0.400 bits per heavy atom. The van der Waals surface area contributed by atoms with Crippen molar-refractivity contribution >= 4 is 11.9 Å². The fourth-order valence-corrected chi connectivity index (χ4v) is 9.91. The number of aliphatic hydroxyl groups is 2. The van der Waals surface area contributed by atoms with Gasteiger partial charge < -0.3 is 20.3 Å². The molecule has 3 N–H and O–H groups in total. The first-order chi connectivity index (χ1) is 34.5. The molecule has 0 heterocycles. The Hall–Kier alpha value is -1.66. The summed E-state index contributed by atoms with van der Waals surface area (Å²) in [6.07, 6.45) is 73.5. The minimum Gasteiger partial charge on any atom is -0.466 e. The molecule has 0 aliphatic rings. The van der Waals surface area contributed by atoms with Gasteiger partial charge in [0, 0.05) is 12.8 Å². The van der Waals surface area contributed by atoms with Crippen molar-refractivity contribution < 1.29 is 24.5 Å². The third kappa shape index (κ3) is 55.7. The van der Waals surface area contributed by atoms with Crippen LogP contribution in [-0.4, -0.2) is 47.4 Å². The summed E-state index contributed by atoms with van der Waals surface area (Å²) in [7, 11) is 0. The van der Waals surface area contributed by atoms with Gasteiger partial charge in [-0.2, -0.15) is 0 Å². The highest BCUT2D eigenvalue weighted by molar-refractivity contribution is 5.76. The molecule has 0 aromatic heterocycles. The molecule has 6 heteroatoms. The van der Waals surface area contributed by atoms with Crippen molar-refractivity contribution in [2.45, 2.75) is 360 Å². The van der Waals surface area contributed by atoms with Crippen molar-refractivity contribution in [3.8, 4) is 0 Å². The summed E-state index contributed by atoms with van der Waals surface area (Å²) >= 11 is 0. The molecular weight excluding hydrogens is 863 g/mol. The zero-order chi connectivity index (χ0) is 50.7. The van der Waals surface area contributed by atoms with Gasteiger partial charge in [0.15, 0.2) is 0 Å². The second-order valence-corrected chi connectivity index (χ2v) is 21.7. The van der Waals surface area contributed by atoms with E-state index in [1.807, 2.05) is 0 Å². The summed E-state index contributed by atoms with van der Waals surface area (Å²) in [5, 5.41) is 23.2. The van der Waals surface area contributed by atoms with E-state index in [0.717, 1.165) is 51.4 Å². The number of allylic oxidation sites excluding steroid dienone is 4. The van der Waals surface area contributed by atoms with E-state index < -0.39 is 12.1 Å². The molecule has 0 radical (unpaired) electrons. The van der Waals surface area contributed by atoms with E-state index in [2.05, 4.69) is 43.5 Å². The van der Waals surface area contributed by atoms with E-state index in [-0.39, 0.29) is 18.5 Å². The number of unbranched alkanes of at least 4 members (excludes halogenated alkanes) is 44. The van der Waals surface area contributed by atoms with Crippen LogP contribution in [0.2, 0.25) is 0 Å². The van der Waals surface area contributed by atoms with Gasteiger partial charge in [0.25, 0.3) is 0 Å². The van der Waals surface area contributed by atoms with Crippen LogP contribution in [0.25, 0.3) is 0 Å². The predicted molar refractivity (Wildman–Crippen MR) is 306 cm³/mol. The molecule has 0 aromatic carbocycles. The number of nitrogens with one attached hydrogen (secondary N) is 1. The van der Waals surface area contributed by atoms with Gasteiger partial charge in [0.05, 0.1) is 25.4 Å². The molecule has 0 aliphatic heterocycles. The number of rotatable bonds is 59. The number of hydrogen-bond donors (Lipinski definition) is 3. The van der Waals surface area contributed by atoms with Crippen LogP contribution in [0.5, 0.6) is 0 Å². The molecule has 0 saturated heterocycles. The highest BCUT2D eigenvalue weighted by Gasteiger charge is 2.20. The number of ether oxygens (including phenoxy) is 1. The van der Waals surface area contributed by atoms with E-state index in [9.17, 15) is 19.8 Å². The van der Waals surface area contributed by atoms with Crippen molar-refractivity contribution in [3.05, 3.63) is 24.3 Å². The van der Waals surface area contributed by atoms with Crippen molar-refractivity contribution in [3.63, 3.8) is 0 Å². The van der Waals surface area contributed by atoms with Crippen LogP contribution in [0.1, 0.15) is 348 Å². The third-order valence-corrected chi connectivity index (χ3v) is 14.8. The summed E-state index contributed by atoms with van der Waals surface area (Å²) in [5.41, 5.74) is 0. The second kappa shape index (κ2) is 59.9. The fourth-order valence-electron chi connectivity index (χ4n) is 9.91. The molecular formula is C64H123NO5. The lowest BCUT2D eigenvalue weighted by atomic mass is 10.0. The quantitative estimate of drug-likeness (QED) is 0.0321. The zero-order valence-electron chi connectivity index (χ0n) is 47.3. The summed E-state index contributed by atoms with van der Waals surface area (Å²) < 4.78 is 5.49. The van der Waals surface area contributed by atoms with Gasteiger partial charge in [-0.15, -0.1) is 0 Å². The first-order valence-electron chi connectivity index (χ1n) is 31.6. The molecule has 0 fully saturated rings. The van der Waals surface area contributed by atoms with Crippen LogP contribution in [-0.2, 0) is 14.3 Å². The van der Waals surface area contributed by atoms with E-state index in [1.165, 1.54) is 263 Å². The smallest absolute Gasteiger partial charge is 0.305 e. The molecule has 2 atom stereocenters. The molecule has 70 heavy (non-hydrogen) atoms. The van der Waals surface area contributed by atoms with Gasteiger partial charge in [-0.1, -0.05) is 301 Å². The molecule has 414 valence electrons. The van der Waals surface area contributed by atoms with E-state index in [0.29, 0.717) is 25.9 Å². The molecule has 1 amide bonds. The first kappa shape index (κ1) is 68.3. The number of carbonyl (C=O) groups excluding carboxylic acids is 2. The lowest BCUT2D eigenvalue weighted by molar-refractivity contribution is -0.143. The molecule has 0 saturated carbocycles. The van der Waals surface area contributed by atoms with Gasteiger partial charge in [0.1, 0.15) is 0 Å². The maximum atomic E-state index is 12.4. The number of esters is 1. The Labute approximate surface area is 437 Å². The maximum Gasteiger partial charge on any atom is 0.305 e. The molecule has 0 aliphatic carbocycles. The number of aliphatic hydroxyl groups excluding tert-OH is 2. The lowest BCUT2D eigenvalue weighted by Gasteiger charge is -2.22. The Bertz CT molecular complexity index is 1090. The highest BCUT2D eigenvalue weighted by atomic mass is 16.5. The SMILES string of the molecule is CCCCC/C=C\C/C=C\CCCCCCCCCC(=O)OCCCCCCCCCCCCCCCCCCCCCCCCCCCCC(=O)NC(CO)C(O)CCCCCCCCCCCC. The molecule has 0 bridgehead atoms. The second-order valence-electron chi connectivity index (χ2n) is 21.7. The number of hydrogen-bond acceptors (Lipinski definition) is 5. The standard InChI is InChI=1S/C64H123NO5/c1-3-5-7-9-11-13-15-16-17-28-32-35-38-42-46-50-54-58-64(69)70-59-55-51-47-43-39-36-33-30-27-25-23-21-19-18-20-22-24-26-29-31-34-37-41-45-49-53-57-63(68)65-61(60-66)62(67)56-52-48-44-40-14-12-10-8-6-4-2/h11,13,16-17,61-62,66-67H,3-10,12,14-15,18-60H2,1-2H3,(H,65,68)/b13-11-,17-16-. The molecule has 6 nitrogen and oxygen atoms in total. The summed E-state index contributed by atoms with van der Waals surface area (Å²) in [6.45, 7) is 4.93. The van der Waals surface area contributed by atoms with Crippen molar-refractivity contribution in [2.24, 2.45) is 0 Å². The Morgan fingerprint density at radius 3 is 1.11 bits per heavy atom. The van der Waals surface area contributed by atoms with Gasteiger partial charge in [-0.05, 0) is 57.8 Å². The van der Waals surface area contributed by atoms with Crippen LogP contribution in [0.15, 0.2) is 24.3 Å². The van der Waals surface area contributed by atoms with Crippen LogP contribution in [0.4, 0.5) is 0 Å². The Kier molecular flexibility index (Phi) is 58.5. The van der Waals surface area contributed by atoms with E-state index in [4.69, 9.17) is 4.74 Å². The van der Waals surface area contributed by atoms with E-state index in [1.54, 1.807) is 0 Å². The van der Waals surface area contributed by atoms with Crippen LogP contribution >= 0.6 is 0 Å². The van der Waals surface area contributed by atoms with Crippen LogP contribution < -0.4 is 5.32 Å². The minimum atomic E-state index is -0.660.